The highest BCUT2D eigenvalue weighted by atomic mass is 16.6. The lowest BCUT2D eigenvalue weighted by molar-refractivity contribution is 0.194. The fourth-order valence-electron chi connectivity index (χ4n) is 3.69. The van der Waals surface area contributed by atoms with E-state index in [-0.39, 0.29) is 12.1 Å². The highest BCUT2D eigenvalue weighted by Gasteiger charge is 2.17. The Balaban J connectivity index is 1.50. The van der Waals surface area contributed by atoms with Crippen molar-refractivity contribution in [3.63, 3.8) is 0 Å². The summed E-state index contributed by atoms with van der Waals surface area (Å²) in [5.41, 5.74) is 3.51. The predicted molar refractivity (Wildman–Crippen MR) is 111 cm³/mol. The zero-order chi connectivity index (χ0) is 20.1. The van der Waals surface area contributed by atoms with Gasteiger partial charge in [-0.05, 0) is 43.0 Å². The smallest absolute Gasteiger partial charge is 0.412 e. The summed E-state index contributed by atoms with van der Waals surface area (Å²) >= 11 is 0. The molecule has 1 aliphatic carbocycles. The highest BCUT2D eigenvalue weighted by molar-refractivity contribution is 5.74. The maximum absolute atomic E-state index is 12.4. The third kappa shape index (κ3) is 4.83. The number of benzene rings is 1. The van der Waals surface area contributed by atoms with E-state index in [0.29, 0.717) is 11.6 Å². The number of aromatic nitrogens is 2. The van der Waals surface area contributed by atoms with Crippen LogP contribution in [0, 0.1) is 6.92 Å². The van der Waals surface area contributed by atoms with Crippen LogP contribution >= 0.6 is 0 Å². The van der Waals surface area contributed by atoms with Crippen molar-refractivity contribution in [2.75, 3.05) is 0 Å². The van der Waals surface area contributed by atoms with Crippen LogP contribution in [0.4, 0.5) is 4.79 Å². The van der Waals surface area contributed by atoms with Gasteiger partial charge in [0.1, 0.15) is 12.0 Å². The first-order chi connectivity index (χ1) is 14.2. The van der Waals surface area contributed by atoms with Gasteiger partial charge in [0.2, 0.25) is 5.89 Å². The average molecular weight is 391 g/mol. The molecule has 2 heterocycles. The third-order valence-corrected chi connectivity index (χ3v) is 5.32. The fourth-order valence-corrected chi connectivity index (χ4v) is 3.69. The molecule has 0 aliphatic heterocycles. The number of carbonyl (C=O) groups is 1. The summed E-state index contributed by atoms with van der Waals surface area (Å²) in [6.07, 6.45) is 13.1. The van der Waals surface area contributed by atoms with Crippen molar-refractivity contribution in [3.8, 4) is 28.3 Å². The summed E-state index contributed by atoms with van der Waals surface area (Å²) in [7, 11) is 0. The fraction of sp³-hybridized carbons (Fsp3) is 0.348. The Morgan fingerprint density at radius 1 is 1.07 bits per heavy atom. The molecule has 0 saturated heterocycles. The van der Waals surface area contributed by atoms with Gasteiger partial charge in [0, 0.05) is 24.0 Å². The van der Waals surface area contributed by atoms with Crippen LogP contribution in [-0.2, 0) is 0 Å². The first-order valence-electron chi connectivity index (χ1n) is 10.1. The van der Waals surface area contributed by atoms with E-state index in [2.05, 4.69) is 15.3 Å². The van der Waals surface area contributed by atoms with E-state index in [4.69, 9.17) is 9.15 Å². The average Bonchev–Trinajstić information content (AvgIpc) is 3.15. The van der Waals surface area contributed by atoms with Crippen LogP contribution in [0.25, 0.3) is 22.6 Å². The SMILES string of the molecule is Cc1ccc(-c2cncc(-c3ncco3)c2)cc1OC(=O)NC1CCCCCC1. The quantitative estimate of drug-likeness (QED) is 0.592. The summed E-state index contributed by atoms with van der Waals surface area (Å²) in [4.78, 5) is 20.9. The number of pyridine rings is 1. The first-order valence-corrected chi connectivity index (χ1v) is 10.1. The van der Waals surface area contributed by atoms with Crippen molar-refractivity contribution in [3.05, 3.63) is 54.7 Å². The van der Waals surface area contributed by atoms with E-state index in [0.717, 1.165) is 47.9 Å². The molecular weight excluding hydrogens is 366 g/mol. The second-order valence-electron chi connectivity index (χ2n) is 7.50. The summed E-state index contributed by atoms with van der Waals surface area (Å²) < 4.78 is 11.0. The molecule has 0 unspecified atom stereocenters. The zero-order valence-corrected chi connectivity index (χ0v) is 16.6. The van der Waals surface area contributed by atoms with Gasteiger partial charge < -0.3 is 14.5 Å². The van der Waals surface area contributed by atoms with Gasteiger partial charge in [-0.1, -0.05) is 37.8 Å². The third-order valence-electron chi connectivity index (χ3n) is 5.32. The number of hydrogen-bond acceptors (Lipinski definition) is 5. The normalized spacial score (nSPS) is 14.9. The molecule has 1 aromatic carbocycles. The van der Waals surface area contributed by atoms with Crippen molar-refractivity contribution >= 4 is 6.09 Å². The predicted octanol–water partition coefficient (Wildman–Crippen LogP) is 5.52. The molecule has 0 spiro atoms. The lowest BCUT2D eigenvalue weighted by Crippen LogP contribution is -2.36. The van der Waals surface area contributed by atoms with Crippen LogP contribution in [0.1, 0.15) is 44.1 Å². The molecule has 0 bridgehead atoms. The van der Waals surface area contributed by atoms with Gasteiger partial charge in [-0.15, -0.1) is 0 Å². The molecule has 150 valence electrons. The van der Waals surface area contributed by atoms with Crippen molar-refractivity contribution in [1.82, 2.24) is 15.3 Å². The maximum atomic E-state index is 12.4. The van der Waals surface area contributed by atoms with E-state index in [1.165, 1.54) is 19.1 Å². The van der Waals surface area contributed by atoms with E-state index < -0.39 is 0 Å². The highest BCUT2D eigenvalue weighted by Crippen LogP contribution is 2.29. The first kappa shape index (κ1) is 19.2. The van der Waals surface area contributed by atoms with E-state index in [1.807, 2.05) is 31.2 Å². The van der Waals surface area contributed by atoms with Crippen LogP contribution < -0.4 is 10.1 Å². The number of amides is 1. The van der Waals surface area contributed by atoms with Crippen molar-refractivity contribution in [1.29, 1.82) is 0 Å². The summed E-state index contributed by atoms with van der Waals surface area (Å²) in [5.74, 6) is 1.07. The second kappa shape index (κ2) is 8.90. The van der Waals surface area contributed by atoms with Crippen LogP contribution in [-0.4, -0.2) is 22.1 Å². The van der Waals surface area contributed by atoms with Crippen LogP contribution in [0.2, 0.25) is 0 Å². The molecule has 0 radical (unpaired) electrons. The molecule has 29 heavy (non-hydrogen) atoms. The van der Waals surface area contributed by atoms with Gasteiger partial charge in [-0.3, -0.25) is 4.98 Å². The van der Waals surface area contributed by atoms with Crippen molar-refractivity contribution in [2.24, 2.45) is 0 Å². The standard InChI is InChI=1S/C23H25N3O3/c1-16-8-9-17(18-12-19(15-24-14-18)22-25-10-11-28-22)13-21(16)29-23(27)26-20-6-4-2-3-5-7-20/h8-15,20H,2-7H2,1H3,(H,26,27). The Hall–Kier alpha value is -3.15. The Morgan fingerprint density at radius 2 is 1.86 bits per heavy atom. The van der Waals surface area contributed by atoms with E-state index >= 15 is 0 Å². The van der Waals surface area contributed by atoms with E-state index in [9.17, 15) is 4.79 Å². The molecule has 1 aliphatic rings. The van der Waals surface area contributed by atoms with Gasteiger partial charge in [0.25, 0.3) is 0 Å². The number of nitrogens with zero attached hydrogens (tertiary/aromatic N) is 2. The molecule has 1 fully saturated rings. The van der Waals surface area contributed by atoms with Crippen LogP contribution in [0.5, 0.6) is 5.75 Å². The summed E-state index contributed by atoms with van der Waals surface area (Å²) in [5, 5.41) is 3.03. The largest absolute Gasteiger partial charge is 0.444 e. The van der Waals surface area contributed by atoms with Gasteiger partial charge in [0.05, 0.1) is 11.8 Å². The Bertz CT molecular complexity index is 961. The molecule has 6 heteroatoms. The molecular formula is C23H25N3O3. The van der Waals surface area contributed by atoms with E-state index in [1.54, 1.807) is 18.6 Å². The zero-order valence-electron chi connectivity index (χ0n) is 16.6. The minimum Gasteiger partial charge on any atom is -0.444 e. The number of carbonyl (C=O) groups excluding carboxylic acids is 1. The number of oxazole rings is 1. The summed E-state index contributed by atoms with van der Waals surface area (Å²) in [6, 6.07) is 7.97. The molecule has 6 nitrogen and oxygen atoms in total. The maximum Gasteiger partial charge on any atom is 0.412 e. The molecule has 1 saturated carbocycles. The van der Waals surface area contributed by atoms with Gasteiger partial charge in [0.15, 0.2) is 0 Å². The van der Waals surface area contributed by atoms with Crippen molar-refractivity contribution < 1.29 is 13.9 Å². The van der Waals surface area contributed by atoms with Crippen molar-refractivity contribution in [2.45, 2.75) is 51.5 Å². The Kier molecular flexibility index (Phi) is 5.89. The number of nitrogens with one attached hydrogen (secondary N) is 1. The lowest BCUT2D eigenvalue weighted by atomic mass is 10.0. The molecule has 2 aromatic heterocycles. The lowest BCUT2D eigenvalue weighted by Gasteiger charge is -2.17. The van der Waals surface area contributed by atoms with Gasteiger partial charge >= 0.3 is 6.09 Å². The topological polar surface area (TPSA) is 77.2 Å². The molecule has 1 amide bonds. The minimum atomic E-state index is -0.385. The number of ether oxygens (including phenoxy) is 1. The Morgan fingerprint density at radius 3 is 2.62 bits per heavy atom. The molecule has 4 rings (SSSR count). The molecule has 0 atom stereocenters. The number of rotatable bonds is 4. The monoisotopic (exact) mass is 391 g/mol. The molecule has 3 aromatic rings. The van der Waals surface area contributed by atoms with Crippen LogP contribution in [0.15, 0.2) is 53.5 Å². The number of aryl methyl sites for hydroxylation is 1. The van der Waals surface area contributed by atoms with Gasteiger partial charge in [-0.2, -0.15) is 0 Å². The summed E-state index contributed by atoms with van der Waals surface area (Å²) in [6.45, 7) is 1.93. The molecule has 1 N–H and O–H groups in total. The Labute approximate surface area is 170 Å². The second-order valence-corrected chi connectivity index (χ2v) is 7.50. The minimum absolute atomic E-state index is 0.204. The number of hydrogen-bond donors (Lipinski definition) is 1. The van der Waals surface area contributed by atoms with Gasteiger partial charge in [-0.25, -0.2) is 9.78 Å². The van der Waals surface area contributed by atoms with Crippen LogP contribution in [0.3, 0.4) is 0 Å².